The summed E-state index contributed by atoms with van der Waals surface area (Å²) in [6, 6.07) is 75.1. The molecular formula is C55H34N2. The van der Waals surface area contributed by atoms with E-state index in [0.29, 0.717) is 5.82 Å². The van der Waals surface area contributed by atoms with Crippen LogP contribution in [0.15, 0.2) is 206 Å². The lowest BCUT2D eigenvalue weighted by Crippen LogP contribution is -2.25. The van der Waals surface area contributed by atoms with Crippen molar-refractivity contribution in [1.29, 1.82) is 0 Å². The maximum atomic E-state index is 5.07. The van der Waals surface area contributed by atoms with Crippen LogP contribution in [0, 0.1) is 0 Å². The van der Waals surface area contributed by atoms with Crippen molar-refractivity contribution in [3.63, 3.8) is 0 Å². The average molecular weight is 723 g/mol. The molecule has 2 nitrogen and oxygen atoms in total. The average Bonchev–Trinajstić information content (AvgIpc) is 3.74. The molecule has 0 aliphatic heterocycles. The van der Waals surface area contributed by atoms with Crippen molar-refractivity contribution in [3.8, 4) is 67.3 Å². The number of fused-ring (bicyclic) bond motifs is 12. The third-order valence-corrected chi connectivity index (χ3v) is 12.3. The SMILES string of the molecule is c1ccc(-c2cc(-c3ccccc3)nc(-c3ccc(-c4ccc5cc6c(cc5c4)C4(c5ccccc5-c5ccccc54)c4cc5ccccc5cc4-6)cc3)n2)cc1. The fourth-order valence-electron chi connectivity index (χ4n) is 9.65. The van der Waals surface area contributed by atoms with Gasteiger partial charge >= 0.3 is 0 Å². The third kappa shape index (κ3) is 4.77. The van der Waals surface area contributed by atoms with Gasteiger partial charge in [-0.2, -0.15) is 0 Å². The Labute approximate surface area is 331 Å². The minimum Gasteiger partial charge on any atom is -0.228 e. The van der Waals surface area contributed by atoms with E-state index in [9.17, 15) is 0 Å². The molecule has 0 atom stereocenters. The lowest BCUT2D eigenvalue weighted by molar-refractivity contribution is 0.796. The van der Waals surface area contributed by atoms with Crippen LogP contribution in [0.25, 0.3) is 88.8 Å². The predicted molar refractivity (Wildman–Crippen MR) is 235 cm³/mol. The third-order valence-electron chi connectivity index (χ3n) is 12.3. The number of hydrogen-bond donors (Lipinski definition) is 0. The van der Waals surface area contributed by atoms with E-state index in [1.807, 2.05) is 12.1 Å². The second-order valence-corrected chi connectivity index (χ2v) is 15.3. The van der Waals surface area contributed by atoms with Crippen molar-refractivity contribution >= 4 is 21.5 Å². The second kappa shape index (κ2) is 12.3. The van der Waals surface area contributed by atoms with E-state index >= 15 is 0 Å². The molecule has 1 heterocycles. The number of rotatable bonds is 4. The molecule has 2 heteroatoms. The smallest absolute Gasteiger partial charge is 0.160 e. The summed E-state index contributed by atoms with van der Waals surface area (Å²) in [6.07, 6.45) is 0. The molecule has 9 aromatic carbocycles. The van der Waals surface area contributed by atoms with Crippen LogP contribution in [0.3, 0.4) is 0 Å². The van der Waals surface area contributed by atoms with Gasteiger partial charge in [-0.1, -0.05) is 170 Å². The van der Waals surface area contributed by atoms with E-state index in [2.05, 4.69) is 194 Å². The first-order chi connectivity index (χ1) is 28.2. The van der Waals surface area contributed by atoms with Gasteiger partial charge in [0.2, 0.25) is 0 Å². The summed E-state index contributed by atoms with van der Waals surface area (Å²) in [5, 5.41) is 5.02. The van der Waals surface area contributed by atoms with Crippen LogP contribution >= 0.6 is 0 Å². The molecule has 1 spiro atoms. The van der Waals surface area contributed by atoms with E-state index in [0.717, 1.165) is 33.6 Å². The second-order valence-electron chi connectivity index (χ2n) is 15.3. The number of benzene rings is 9. The molecule has 10 aromatic rings. The summed E-state index contributed by atoms with van der Waals surface area (Å²) in [4.78, 5) is 10.1. The topological polar surface area (TPSA) is 25.8 Å². The van der Waals surface area contributed by atoms with Crippen LogP contribution in [0.2, 0.25) is 0 Å². The van der Waals surface area contributed by atoms with Crippen molar-refractivity contribution < 1.29 is 0 Å². The molecule has 0 bridgehead atoms. The van der Waals surface area contributed by atoms with Crippen molar-refractivity contribution in [2.45, 2.75) is 5.41 Å². The molecule has 0 radical (unpaired) electrons. The van der Waals surface area contributed by atoms with Gasteiger partial charge in [-0.15, -0.1) is 0 Å². The fraction of sp³-hybridized carbons (Fsp3) is 0.0182. The first-order valence-corrected chi connectivity index (χ1v) is 19.6. The summed E-state index contributed by atoms with van der Waals surface area (Å²) in [5.41, 5.74) is 17.6. The summed E-state index contributed by atoms with van der Waals surface area (Å²) >= 11 is 0. The first kappa shape index (κ1) is 31.9. The lowest BCUT2D eigenvalue weighted by atomic mass is 9.70. The Morgan fingerprint density at radius 3 is 1.32 bits per heavy atom. The van der Waals surface area contributed by atoms with Gasteiger partial charge in [-0.3, -0.25) is 0 Å². The van der Waals surface area contributed by atoms with Crippen LogP contribution in [-0.4, -0.2) is 9.97 Å². The van der Waals surface area contributed by atoms with Crippen LogP contribution in [-0.2, 0) is 5.41 Å². The van der Waals surface area contributed by atoms with E-state index in [1.165, 1.54) is 71.6 Å². The van der Waals surface area contributed by atoms with Gasteiger partial charge in [0.1, 0.15) is 0 Å². The number of hydrogen-bond acceptors (Lipinski definition) is 2. The fourth-order valence-corrected chi connectivity index (χ4v) is 9.65. The molecule has 0 unspecified atom stereocenters. The van der Waals surface area contributed by atoms with Crippen molar-refractivity contribution in [2.24, 2.45) is 0 Å². The molecule has 2 aliphatic rings. The van der Waals surface area contributed by atoms with E-state index in [1.54, 1.807) is 0 Å². The minimum absolute atomic E-state index is 0.402. The predicted octanol–water partition coefficient (Wildman–Crippen LogP) is 13.8. The number of nitrogens with zero attached hydrogens (tertiary/aromatic N) is 2. The van der Waals surface area contributed by atoms with Gasteiger partial charge in [0.05, 0.1) is 16.8 Å². The molecular weight excluding hydrogens is 689 g/mol. The van der Waals surface area contributed by atoms with E-state index < -0.39 is 5.41 Å². The Bertz CT molecular complexity index is 3110. The van der Waals surface area contributed by atoms with Gasteiger partial charge in [0, 0.05) is 16.7 Å². The van der Waals surface area contributed by atoms with Crippen molar-refractivity contribution in [3.05, 3.63) is 229 Å². The molecule has 12 rings (SSSR count). The summed E-state index contributed by atoms with van der Waals surface area (Å²) in [6.45, 7) is 0. The van der Waals surface area contributed by atoms with E-state index in [-0.39, 0.29) is 0 Å². The van der Waals surface area contributed by atoms with Gasteiger partial charge in [-0.05, 0) is 114 Å². The van der Waals surface area contributed by atoms with E-state index in [4.69, 9.17) is 9.97 Å². The van der Waals surface area contributed by atoms with Crippen molar-refractivity contribution in [1.82, 2.24) is 9.97 Å². The molecule has 0 N–H and O–H groups in total. The maximum Gasteiger partial charge on any atom is 0.160 e. The molecule has 1 aromatic heterocycles. The zero-order chi connectivity index (χ0) is 37.5. The zero-order valence-electron chi connectivity index (χ0n) is 31.0. The lowest BCUT2D eigenvalue weighted by Gasteiger charge is -2.30. The highest BCUT2D eigenvalue weighted by Gasteiger charge is 2.51. The highest BCUT2D eigenvalue weighted by atomic mass is 14.9. The summed E-state index contributed by atoms with van der Waals surface area (Å²) in [7, 11) is 0. The first-order valence-electron chi connectivity index (χ1n) is 19.6. The standard InChI is InChI=1S/C55H34N2/c1-3-13-36(14-4-1)52-34-53(37-15-5-2-6-16-37)57-54(56-52)38-25-23-35(24-26-38)41-27-28-42-31-47-46-30-39-17-7-8-18-40(39)32-50(46)55(51(47)33-43(42)29-41)48-21-11-9-19-44(48)45-20-10-12-22-49(45)55/h1-34H. The normalized spacial score (nSPS) is 13.1. The van der Waals surface area contributed by atoms with Crippen molar-refractivity contribution in [2.75, 3.05) is 0 Å². The van der Waals surface area contributed by atoms with Crippen LogP contribution in [0.1, 0.15) is 22.3 Å². The highest BCUT2D eigenvalue weighted by Crippen LogP contribution is 2.63. The minimum atomic E-state index is -0.402. The molecule has 0 saturated carbocycles. The van der Waals surface area contributed by atoms with Gasteiger partial charge < -0.3 is 0 Å². The molecule has 2 aliphatic carbocycles. The maximum absolute atomic E-state index is 5.07. The Morgan fingerprint density at radius 1 is 0.263 bits per heavy atom. The van der Waals surface area contributed by atoms with Crippen LogP contribution in [0.5, 0.6) is 0 Å². The largest absolute Gasteiger partial charge is 0.228 e. The highest BCUT2D eigenvalue weighted by molar-refractivity contribution is 6.03. The Kier molecular flexibility index (Phi) is 6.88. The van der Waals surface area contributed by atoms with Gasteiger partial charge in [0.25, 0.3) is 0 Å². The molecule has 57 heavy (non-hydrogen) atoms. The van der Waals surface area contributed by atoms with Crippen LogP contribution < -0.4 is 0 Å². The molecule has 0 fully saturated rings. The van der Waals surface area contributed by atoms with Gasteiger partial charge in [0.15, 0.2) is 5.82 Å². The molecule has 264 valence electrons. The Hall–Kier alpha value is -7.42. The molecule has 0 amide bonds. The quantitative estimate of drug-likeness (QED) is 0.181. The Balaban J connectivity index is 0.998. The zero-order valence-corrected chi connectivity index (χ0v) is 31.0. The van der Waals surface area contributed by atoms with Gasteiger partial charge in [-0.25, -0.2) is 9.97 Å². The monoisotopic (exact) mass is 722 g/mol. The van der Waals surface area contributed by atoms with Crippen LogP contribution in [0.4, 0.5) is 0 Å². The summed E-state index contributed by atoms with van der Waals surface area (Å²) < 4.78 is 0. The molecule has 0 saturated heterocycles. The number of aromatic nitrogens is 2. The Morgan fingerprint density at radius 2 is 0.719 bits per heavy atom. The summed E-state index contributed by atoms with van der Waals surface area (Å²) in [5.74, 6) is 0.713.